The molecule has 0 aliphatic heterocycles. The van der Waals surface area contributed by atoms with Crippen molar-refractivity contribution in [3.8, 4) is 0 Å². The molecule has 56 valence electrons. The molecule has 9 heavy (non-hydrogen) atoms. The summed E-state index contributed by atoms with van der Waals surface area (Å²) in [4.78, 5) is 0. The van der Waals surface area contributed by atoms with Crippen LogP contribution in [0, 0.1) is 0 Å². The molecule has 1 atom stereocenters. The molecule has 0 saturated carbocycles. The molecule has 0 aromatic carbocycles. The average Bonchev–Trinajstić information content (AvgIpc) is 1.85. The van der Waals surface area contributed by atoms with Crippen LogP contribution in [-0.2, 0) is 0 Å². The van der Waals surface area contributed by atoms with E-state index >= 15 is 0 Å². The van der Waals surface area contributed by atoms with E-state index in [1.165, 1.54) is 17.3 Å². The van der Waals surface area contributed by atoms with Gasteiger partial charge in [-0.1, -0.05) is 13.8 Å². The second kappa shape index (κ2) is 7.16. The minimum atomic E-state index is 0.542. The van der Waals surface area contributed by atoms with Crippen molar-refractivity contribution >= 4 is 36.2 Å². The molecule has 0 aromatic heterocycles. The van der Waals surface area contributed by atoms with E-state index in [1.54, 1.807) is 0 Å². The second-order valence-corrected chi connectivity index (χ2v) is 5.34. The molecular weight excluding hydrogens is 168 g/mol. The third-order valence-electron chi connectivity index (χ3n) is 0.824. The molecule has 0 N–H and O–H groups in total. The number of rotatable bonds is 5. The first kappa shape index (κ1) is 10.0. The molecular formula is C6H14S3. The van der Waals surface area contributed by atoms with Crippen LogP contribution in [0.3, 0.4) is 0 Å². The summed E-state index contributed by atoms with van der Waals surface area (Å²) in [7, 11) is 0. The fourth-order valence-corrected chi connectivity index (χ4v) is 2.72. The number of hydrogen-bond acceptors (Lipinski definition) is 3. The highest BCUT2D eigenvalue weighted by molar-refractivity contribution is 8.12. The standard InChI is InChI=1S/C6H14S3/c1-3-8-5-6(7)9-4-2/h6-7H,3-5H2,1-2H3. The van der Waals surface area contributed by atoms with Gasteiger partial charge in [0.1, 0.15) is 0 Å². The van der Waals surface area contributed by atoms with Crippen LogP contribution >= 0.6 is 36.2 Å². The summed E-state index contributed by atoms with van der Waals surface area (Å²) < 4.78 is 0.542. The largest absolute Gasteiger partial charge is 0.164 e. The minimum absolute atomic E-state index is 0.542. The Morgan fingerprint density at radius 1 is 1.33 bits per heavy atom. The van der Waals surface area contributed by atoms with Gasteiger partial charge in [-0.05, 0) is 11.5 Å². The van der Waals surface area contributed by atoms with Crippen LogP contribution in [0.25, 0.3) is 0 Å². The molecule has 0 bridgehead atoms. The Morgan fingerprint density at radius 2 is 2.00 bits per heavy atom. The third kappa shape index (κ3) is 6.94. The van der Waals surface area contributed by atoms with E-state index < -0.39 is 0 Å². The quantitative estimate of drug-likeness (QED) is 0.513. The first-order valence-electron chi connectivity index (χ1n) is 3.18. The molecule has 0 saturated heterocycles. The van der Waals surface area contributed by atoms with Gasteiger partial charge in [0.15, 0.2) is 0 Å². The third-order valence-corrected chi connectivity index (χ3v) is 3.77. The Hall–Kier alpha value is 1.05. The molecule has 1 unspecified atom stereocenters. The van der Waals surface area contributed by atoms with Crippen molar-refractivity contribution in [2.24, 2.45) is 0 Å². The van der Waals surface area contributed by atoms with E-state index in [1.807, 2.05) is 23.5 Å². The molecule has 0 fully saturated rings. The maximum absolute atomic E-state index is 4.39. The molecule has 0 radical (unpaired) electrons. The van der Waals surface area contributed by atoms with Crippen LogP contribution in [0.2, 0.25) is 0 Å². The minimum Gasteiger partial charge on any atom is -0.164 e. The highest BCUT2D eigenvalue weighted by Gasteiger charge is 1.99. The van der Waals surface area contributed by atoms with Gasteiger partial charge in [0.05, 0.1) is 4.58 Å². The number of hydrogen-bond donors (Lipinski definition) is 1. The van der Waals surface area contributed by atoms with Gasteiger partial charge < -0.3 is 0 Å². The zero-order valence-electron chi connectivity index (χ0n) is 5.96. The molecule has 0 aliphatic rings. The maximum Gasteiger partial charge on any atom is 0.0562 e. The van der Waals surface area contributed by atoms with E-state index in [-0.39, 0.29) is 0 Å². The lowest BCUT2D eigenvalue weighted by Crippen LogP contribution is -1.96. The lowest BCUT2D eigenvalue weighted by Gasteiger charge is -2.05. The summed E-state index contributed by atoms with van der Waals surface area (Å²) in [5.74, 6) is 3.57. The van der Waals surface area contributed by atoms with Gasteiger partial charge in [-0.2, -0.15) is 24.4 Å². The van der Waals surface area contributed by atoms with Gasteiger partial charge >= 0.3 is 0 Å². The monoisotopic (exact) mass is 182 g/mol. The molecule has 0 nitrogen and oxygen atoms in total. The maximum atomic E-state index is 4.39. The van der Waals surface area contributed by atoms with Crippen LogP contribution in [-0.4, -0.2) is 21.8 Å². The summed E-state index contributed by atoms with van der Waals surface area (Å²) in [5.41, 5.74) is 0. The summed E-state index contributed by atoms with van der Waals surface area (Å²) in [6.45, 7) is 4.35. The fourth-order valence-electron chi connectivity index (χ4n) is 0.459. The summed E-state index contributed by atoms with van der Waals surface area (Å²) in [6.07, 6.45) is 0. The highest BCUT2D eigenvalue weighted by atomic mass is 32.2. The van der Waals surface area contributed by atoms with Crippen LogP contribution in [0.5, 0.6) is 0 Å². The second-order valence-electron chi connectivity index (χ2n) is 1.57. The van der Waals surface area contributed by atoms with Crippen molar-refractivity contribution in [1.29, 1.82) is 0 Å². The Morgan fingerprint density at radius 3 is 2.44 bits per heavy atom. The van der Waals surface area contributed by atoms with Gasteiger partial charge in [-0.3, -0.25) is 0 Å². The van der Waals surface area contributed by atoms with Crippen LogP contribution in [0.1, 0.15) is 13.8 Å². The topological polar surface area (TPSA) is 0 Å². The smallest absolute Gasteiger partial charge is 0.0562 e. The summed E-state index contributed by atoms with van der Waals surface area (Å²) >= 11 is 8.26. The number of thioether (sulfide) groups is 2. The zero-order chi connectivity index (χ0) is 7.11. The zero-order valence-corrected chi connectivity index (χ0v) is 8.49. The summed E-state index contributed by atoms with van der Waals surface area (Å²) in [6, 6.07) is 0. The molecule has 0 heterocycles. The van der Waals surface area contributed by atoms with E-state index in [2.05, 4.69) is 26.5 Å². The summed E-state index contributed by atoms with van der Waals surface area (Å²) in [5, 5.41) is 0. The Balaban J connectivity index is 2.95. The van der Waals surface area contributed by atoms with Crippen molar-refractivity contribution in [3.63, 3.8) is 0 Å². The van der Waals surface area contributed by atoms with Crippen molar-refractivity contribution in [1.82, 2.24) is 0 Å². The van der Waals surface area contributed by atoms with Crippen LogP contribution in [0.4, 0.5) is 0 Å². The molecule has 0 aliphatic carbocycles. The van der Waals surface area contributed by atoms with Crippen LogP contribution in [0.15, 0.2) is 0 Å². The lowest BCUT2D eigenvalue weighted by atomic mass is 10.9. The lowest BCUT2D eigenvalue weighted by molar-refractivity contribution is 1.40. The highest BCUT2D eigenvalue weighted by Crippen LogP contribution is 2.18. The first-order valence-corrected chi connectivity index (χ1v) is 5.90. The molecule has 0 aromatic rings. The van der Waals surface area contributed by atoms with Gasteiger partial charge in [-0.15, -0.1) is 11.8 Å². The normalized spacial score (nSPS) is 13.7. The molecule has 3 heteroatoms. The van der Waals surface area contributed by atoms with Gasteiger partial charge in [0, 0.05) is 5.75 Å². The van der Waals surface area contributed by atoms with Gasteiger partial charge in [0.2, 0.25) is 0 Å². The van der Waals surface area contributed by atoms with Gasteiger partial charge in [0.25, 0.3) is 0 Å². The predicted octanol–water partition coefficient (Wildman–Crippen LogP) is 2.75. The SMILES string of the molecule is CCSCC(S)SCC. The van der Waals surface area contributed by atoms with Crippen molar-refractivity contribution in [2.45, 2.75) is 18.4 Å². The van der Waals surface area contributed by atoms with Gasteiger partial charge in [-0.25, -0.2) is 0 Å². The fraction of sp³-hybridized carbons (Fsp3) is 1.00. The van der Waals surface area contributed by atoms with Crippen molar-refractivity contribution < 1.29 is 0 Å². The Kier molecular flexibility index (Phi) is 8.00. The Labute approximate surface area is 72.0 Å². The predicted molar refractivity (Wildman–Crippen MR) is 53.9 cm³/mol. The van der Waals surface area contributed by atoms with Crippen molar-refractivity contribution in [3.05, 3.63) is 0 Å². The molecule has 0 spiro atoms. The molecule has 0 amide bonds. The van der Waals surface area contributed by atoms with E-state index in [0.29, 0.717) is 4.58 Å². The first-order chi connectivity index (χ1) is 4.31. The molecule has 0 rings (SSSR count). The number of thiol groups is 1. The Bertz CT molecular complexity index is 56.3. The van der Waals surface area contributed by atoms with E-state index in [9.17, 15) is 0 Å². The van der Waals surface area contributed by atoms with Crippen molar-refractivity contribution in [2.75, 3.05) is 17.3 Å². The average molecular weight is 182 g/mol. The van der Waals surface area contributed by atoms with E-state index in [4.69, 9.17) is 0 Å². The van der Waals surface area contributed by atoms with E-state index in [0.717, 1.165) is 0 Å². The van der Waals surface area contributed by atoms with Crippen LogP contribution < -0.4 is 0 Å².